The number of halogens is 1. The third kappa shape index (κ3) is 4.27. The van der Waals surface area contributed by atoms with Crippen molar-refractivity contribution in [3.63, 3.8) is 0 Å². The lowest BCUT2D eigenvalue weighted by Gasteiger charge is -2.34. The van der Waals surface area contributed by atoms with Crippen LogP contribution in [0.15, 0.2) is 18.2 Å². The van der Waals surface area contributed by atoms with E-state index in [2.05, 4.69) is 11.0 Å². The molecule has 25 heavy (non-hydrogen) atoms. The third-order valence-electron chi connectivity index (χ3n) is 5.38. The monoisotopic (exact) mass is 367 g/mol. The molecule has 1 aromatic rings. The Hall–Kier alpha value is -1.30. The first-order valence-corrected chi connectivity index (χ1v) is 9.07. The van der Waals surface area contributed by atoms with Gasteiger partial charge in [0.2, 0.25) is 0 Å². The van der Waals surface area contributed by atoms with E-state index in [9.17, 15) is 4.79 Å². The molecule has 0 saturated carbocycles. The molecule has 2 N–H and O–H groups in total. The Bertz CT molecular complexity index is 594. The summed E-state index contributed by atoms with van der Waals surface area (Å²) in [4.78, 5) is 16.0. The average molecular weight is 368 g/mol. The van der Waals surface area contributed by atoms with Crippen LogP contribution in [0.5, 0.6) is 5.75 Å². The zero-order chi connectivity index (χ0) is 17.1. The van der Waals surface area contributed by atoms with Gasteiger partial charge in [0, 0.05) is 26.1 Å². The Labute approximate surface area is 156 Å². The van der Waals surface area contributed by atoms with Crippen LogP contribution in [0.4, 0.5) is 4.79 Å². The molecule has 1 aliphatic heterocycles. The van der Waals surface area contributed by atoms with E-state index in [1.54, 1.807) is 14.1 Å². The molecule has 2 aliphatic rings. The van der Waals surface area contributed by atoms with Gasteiger partial charge in [0.05, 0.1) is 0 Å². The lowest BCUT2D eigenvalue weighted by atomic mass is 9.79. The van der Waals surface area contributed by atoms with Crippen molar-refractivity contribution in [2.75, 3.05) is 33.7 Å². The Balaban J connectivity index is 0.00000225. The summed E-state index contributed by atoms with van der Waals surface area (Å²) >= 11 is 0. The molecular weight excluding hydrogens is 338 g/mol. The highest BCUT2D eigenvalue weighted by Gasteiger charge is 2.39. The first kappa shape index (κ1) is 20.0. The molecule has 1 amide bonds. The van der Waals surface area contributed by atoms with E-state index in [0.717, 1.165) is 38.1 Å². The standard InChI is InChI=1S/C19H29N3O2.ClH/c1-21(2)19(23)24-18-7-5-6-14-15-10-13-22(12-4-3-11-20)17(15)9-8-16(14)18;/h5-7,15,17H,3-4,8-13,20H2,1-2H3;1H/t15-,17+;/m0./s1. The van der Waals surface area contributed by atoms with Crippen molar-refractivity contribution in [2.45, 2.75) is 44.1 Å². The number of carbonyl (C=O) groups is 1. The number of benzene rings is 1. The van der Waals surface area contributed by atoms with Gasteiger partial charge >= 0.3 is 6.09 Å². The zero-order valence-corrected chi connectivity index (χ0v) is 16.1. The molecular formula is C19H30ClN3O2. The maximum atomic E-state index is 11.9. The summed E-state index contributed by atoms with van der Waals surface area (Å²) in [6.45, 7) is 3.11. The summed E-state index contributed by atoms with van der Waals surface area (Å²) in [5.41, 5.74) is 8.24. The van der Waals surface area contributed by atoms with E-state index in [1.165, 1.54) is 35.4 Å². The number of nitrogens with zero attached hydrogens (tertiary/aromatic N) is 2. The van der Waals surface area contributed by atoms with E-state index in [4.69, 9.17) is 10.5 Å². The number of rotatable bonds is 5. The highest BCUT2D eigenvalue weighted by molar-refractivity contribution is 5.85. The van der Waals surface area contributed by atoms with E-state index in [1.807, 2.05) is 12.1 Å². The number of amides is 1. The molecule has 1 fully saturated rings. The molecule has 1 aliphatic carbocycles. The van der Waals surface area contributed by atoms with Gasteiger partial charge in [-0.05, 0) is 68.9 Å². The minimum atomic E-state index is -0.305. The predicted octanol–water partition coefficient (Wildman–Crippen LogP) is 3.01. The topological polar surface area (TPSA) is 58.8 Å². The van der Waals surface area contributed by atoms with E-state index >= 15 is 0 Å². The van der Waals surface area contributed by atoms with Crippen LogP contribution in [0.2, 0.25) is 0 Å². The maximum absolute atomic E-state index is 11.9. The molecule has 2 atom stereocenters. The second kappa shape index (κ2) is 8.88. The highest BCUT2D eigenvalue weighted by Crippen LogP contribution is 2.44. The zero-order valence-electron chi connectivity index (χ0n) is 15.2. The molecule has 5 nitrogen and oxygen atoms in total. The molecule has 1 heterocycles. The fourth-order valence-electron chi connectivity index (χ4n) is 4.17. The van der Waals surface area contributed by atoms with Gasteiger partial charge in [-0.1, -0.05) is 12.1 Å². The number of fused-ring (bicyclic) bond motifs is 3. The van der Waals surface area contributed by atoms with Crippen molar-refractivity contribution in [2.24, 2.45) is 5.73 Å². The molecule has 0 aromatic heterocycles. The first-order chi connectivity index (χ1) is 11.6. The number of hydrogen-bond donors (Lipinski definition) is 1. The van der Waals surface area contributed by atoms with Crippen LogP contribution in [-0.2, 0) is 6.42 Å². The maximum Gasteiger partial charge on any atom is 0.414 e. The number of nitrogens with two attached hydrogens (primary N) is 1. The van der Waals surface area contributed by atoms with Crippen LogP contribution < -0.4 is 10.5 Å². The first-order valence-electron chi connectivity index (χ1n) is 9.07. The van der Waals surface area contributed by atoms with Crippen molar-refractivity contribution in [1.29, 1.82) is 0 Å². The highest BCUT2D eigenvalue weighted by atomic mass is 35.5. The van der Waals surface area contributed by atoms with Gasteiger partial charge in [0.1, 0.15) is 5.75 Å². The summed E-state index contributed by atoms with van der Waals surface area (Å²) < 4.78 is 5.59. The summed E-state index contributed by atoms with van der Waals surface area (Å²) in [5, 5.41) is 0. The number of ether oxygens (including phenoxy) is 1. The van der Waals surface area contributed by atoms with Crippen molar-refractivity contribution in [3.05, 3.63) is 29.3 Å². The molecule has 0 radical (unpaired) electrons. The largest absolute Gasteiger partial charge is 0.414 e. The van der Waals surface area contributed by atoms with E-state index in [-0.39, 0.29) is 18.5 Å². The van der Waals surface area contributed by atoms with Gasteiger partial charge < -0.3 is 15.4 Å². The van der Waals surface area contributed by atoms with Crippen LogP contribution in [0.3, 0.4) is 0 Å². The molecule has 0 spiro atoms. The lowest BCUT2D eigenvalue weighted by Crippen LogP contribution is -2.36. The second-order valence-corrected chi connectivity index (χ2v) is 7.12. The number of carbonyl (C=O) groups excluding carboxylic acids is 1. The summed E-state index contributed by atoms with van der Waals surface area (Å²) in [6, 6.07) is 6.81. The minimum absolute atomic E-state index is 0. The average Bonchev–Trinajstić information content (AvgIpc) is 2.99. The Kier molecular flexibility index (Phi) is 7.11. The van der Waals surface area contributed by atoms with Gasteiger partial charge in [-0.3, -0.25) is 4.90 Å². The van der Waals surface area contributed by atoms with Crippen molar-refractivity contribution < 1.29 is 9.53 Å². The lowest BCUT2D eigenvalue weighted by molar-refractivity contribution is 0.170. The molecule has 3 rings (SSSR count). The van der Waals surface area contributed by atoms with Gasteiger partial charge in [-0.2, -0.15) is 0 Å². The Morgan fingerprint density at radius 2 is 2.12 bits per heavy atom. The quantitative estimate of drug-likeness (QED) is 0.813. The number of unbranched alkanes of at least 4 members (excludes halogenated alkanes) is 1. The predicted molar refractivity (Wildman–Crippen MR) is 103 cm³/mol. The summed E-state index contributed by atoms with van der Waals surface area (Å²) in [7, 11) is 3.42. The smallest absolute Gasteiger partial charge is 0.410 e. The van der Waals surface area contributed by atoms with Crippen molar-refractivity contribution in [1.82, 2.24) is 9.80 Å². The van der Waals surface area contributed by atoms with Crippen LogP contribution in [0.1, 0.15) is 42.7 Å². The number of likely N-dealkylation sites (tertiary alicyclic amines) is 1. The third-order valence-corrected chi connectivity index (χ3v) is 5.38. The SMILES string of the molecule is CN(C)C(=O)Oc1cccc2c1CC[C@@H]1[C@H]2CCN1CCCCN.Cl. The fraction of sp³-hybridized carbons (Fsp3) is 0.632. The van der Waals surface area contributed by atoms with Gasteiger partial charge in [-0.15, -0.1) is 12.4 Å². The second-order valence-electron chi connectivity index (χ2n) is 7.12. The van der Waals surface area contributed by atoms with Gasteiger partial charge in [0.25, 0.3) is 0 Å². The van der Waals surface area contributed by atoms with Crippen molar-refractivity contribution in [3.8, 4) is 5.75 Å². The van der Waals surface area contributed by atoms with Crippen LogP contribution in [0.25, 0.3) is 0 Å². The Morgan fingerprint density at radius 3 is 2.84 bits per heavy atom. The van der Waals surface area contributed by atoms with E-state index < -0.39 is 0 Å². The van der Waals surface area contributed by atoms with Crippen molar-refractivity contribution >= 4 is 18.5 Å². The van der Waals surface area contributed by atoms with Crippen LogP contribution in [-0.4, -0.2) is 55.7 Å². The minimum Gasteiger partial charge on any atom is -0.410 e. The summed E-state index contributed by atoms with van der Waals surface area (Å²) in [6.07, 6.45) is 5.32. The molecule has 1 saturated heterocycles. The van der Waals surface area contributed by atoms with E-state index in [0.29, 0.717) is 12.0 Å². The van der Waals surface area contributed by atoms with Gasteiger partial charge in [0.15, 0.2) is 0 Å². The normalized spacial score (nSPS) is 21.9. The molecule has 0 unspecified atom stereocenters. The van der Waals surface area contributed by atoms with Gasteiger partial charge in [-0.25, -0.2) is 4.79 Å². The molecule has 1 aromatic carbocycles. The van der Waals surface area contributed by atoms with Crippen LogP contribution >= 0.6 is 12.4 Å². The molecule has 0 bridgehead atoms. The Morgan fingerprint density at radius 1 is 1.32 bits per heavy atom. The van der Waals surface area contributed by atoms with Crippen LogP contribution in [0, 0.1) is 0 Å². The number of hydrogen-bond acceptors (Lipinski definition) is 4. The summed E-state index contributed by atoms with van der Waals surface area (Å²) in [5.74, 6) is 1.32. The fourth-order valence-corrected chi connectivity index (χ4v) is 4.17. The molecule has 140 valence electrons. The molecule has 6 heteroatoms.